The summed E-state index contributed by atoms with van der Waals surface area (Å²) in [7, 11) is 0. The molecule has 0 spiro atoms. The van der Waals surface area contributed by atoms with Gasteiger partial charge in [0, 0.05) is 6.42 Å². The fourth-order valence-corrected chi connectivity index (χ4v) is 2.23. The quantitative estimate of drug-likeness (QED) is 0.849. The van der Waals surface area contributed by atoms with Gasteiger partial charge in [-0.25, -0.2) is 4.39 Å². The molecule has 20 heavy (non-hydrogen) atoms. The van der Waals surface area contributed by atoms with Crippen LogP contribution in [0.4, 0.5) is 4.39 Å². The number of hydrogen-bond acceptors (Lipinski definition) is 3. The molecular weight excluding hydrogens is 279 g/mol. The van der Waals surface area contributed by atoms with Gasteiger partial charge in [-0.3, -0.25) is 20.4 Å². The highest BCUT2D eigenvalue weighted by molar-refractivity contribution is 7.12. The number of benzene rings is 1. The first kappa shape index (κ1) is 14.2. The van der Waals surface area contributed by atoms with Crippen LogP contribution in [0.5, 0.6) is 0 Å². The smallest absolute Gasteiger partial charge is 0.273 e. The molecule has 0 unspecified atom stereocenters. The predicted octanol–water partition coefficient (Wildman–Crippen LogP) is 2.28. The highest BCUT2D eigenvalue weighted by atomic mass is 32.1. The number of halogens is 1. The zero-order chi connectivity index (χ0) is 14.4. The second-order valence-corrected chi connectivity index (χ2v) is 5.02. The minimum Gasteiger partial charge on any atom is -0.273 e. The van der Waals surface area contributed by atoms with Gasteiger partial charge in [-0.2, -0.15) is 0 Å². The predicted molar refractivity (Wildman–Crippen MR) is 74.6 cm³/mol. The number of nitrogens with one attached hydrogen (secondary N) is 2. The zero-order valence-electron chi connectivity index (χ0n) is 10.6. The number of rotatable bonds is 4. The molecule has 0 radical (unpaired) electrons. The van der Waals surface area contributed by atoms with Crippen molar-refractivity contribution in [3.8, 4) is 0 Å². The van der Waals surface area contributed by atoms with Gasteiger partial charge in [-0.1, -0.05) is 24.3 Å². The van der Waals surface area contributed by atoms with Crippen molar-refractivity contribution in [2.24, 2.45) is 0 Å². The Kier molecular flexibility index (Phi) is 4.84. The molecule has 0 aliphatic carbocycles. The Labute approximate surface area is 119 Å². The summed E-state index contributed by atoms with van der Waals surface area (Å²) in [6.07, 6.45) is 0.388. The van der Waals surface area contributed by atoms with Gasteiger partial charge in [0.2, 0.25) is 5.91 Å². The number of aryl methyl sites for hydroxylation is 1. The van der Waals surface area contributed by atoms with Gasteiger partial charge < -0.3 is 0 Å². The Morgan fingerprint density at radius 3 is 2.60 bits per heavy atom. The molecule has 2 N–H and O–H groups in total. The topological polar surface area (TPSA) is 58.2 Å². The van der Waals surface area contributed by atoms with E-state index in [1.54, 1.807) is 35.7 Å². The van der Waals surface area contributed by atoms with E-state index >= 15 is 0 Å². The van der Waals surface area contributed by atoms with Crippen LogP contribution in [0.15, 0.2) is 41.8 Å². The third-order valence-electron chi connectivity index (χ3n) is 2.64. The lowest BCUT2D eigenvalue weighted by atomic mass is 10.1. The van der Waals surface area contributed by atoms with Crippen LogP contribution in [-0.2, 0) is 11.2 Å². The summed E-state index contributed by atoms with van der Waals surface area (Å²) in [6.45, 7) is 0. The van der Waals surface area contributed by atoms with Crippen LogP contribution >= 0.6 is 11.3 Å². The molecule has 1 aromatic heterocycles. The van der Waals surface area contributed by atoms with Gasteiger partial charge in [0.1, 0.15) is 5.82 Å². The lowest BCUT2D eigenvalue weighted by Gasteiger charge is -2.06. The second kappa shape index (κ2) is 6.81. The SMILES string of the molecule is O=C(CCc1ccccc1F)NNC(=O)c1cccs1. The number of hydrogen-bond donors (Lipinski definition) is 2. The van der Waals surface area contributed by atoms with Crippen molar-refractivity contribution in [3.05, 3.63) is 58.0 Å². The van der Waals surface area contributed by atoms with E-state index in [1.807, 2.05) is 0 Å². The highest BCUT2D eigenvalue weighted by Crippen LogP contribution is 2.09. The normalized spacial score (nSPS) is 10.1. The standard InChI is InChI=1S/C14H13FN2O2S/c15-11-5-2-1-4-10(11)7-8-13(18)16-17-14(19)12-6-3-9-20-12/h1-6,9H,7-8H2,(H,16,18)(H,17,19). The van der Waals surface area contributed by atoms with Crippen LogP contribution in [-0.4, -0.2) is 11.8 Å². The molecule has 0 atom stereocenters. The van der Waals surface area contributed by atoms with Crippen LogP contribution in [0, 0.1) is 5.82 Å². The Hall–Kier alpha value is -2.21. The van der Waals surface area contributed by atoms with Gasteiger partial charge in [0.25, 0.3) is 5.91 Å². The van der Waals surface area contributed by atoms with Crippen molar-refractivity contribution >= 4 is 23.2 Å². The summed E-state index contributed by atoms with van der Waals surface area (Å²) >= 11 is 1.28. The lowest BCUT2D eigenvalue weighted by Crippen LogP contribution is -2.41. The maximum Gasteiger partial charge on any atom is 0.279 e. The minimum atomic E-state index is -0.363. The van der Waals surface area contributed by atoms with Crippen LogP contribution in [0.3, 0.4) is 0 Å². The van der Waals surface area contributed by atoms with Crippen LogP contribution in [0.25, 0.3) is 0 Å². The summed E-state index contributed by atoms with van der Waals surface area (Å²) in [5.41, 5.74) is 5.10. The molecular formula is C14H13FN2O2S. The molecule has 1 aromatic carbocycles. The molecule has 0 aliphatic rings. The molecule has 0 saturated carbocycles. The Morgan fingerprint density at radius 2 is 1.90 bits per heavy atom. The van der Waals surface area contributed by atoms with Crippen LogP contribution < -0.4 is 10.9 Å². The fraction of sp³-hybridized carbons (Fsp3) is 0.143. The third-order valence-corrected chi connectivity index (χ3v) is 3.51. The summed E-state index contributed by atoms with van der Waals surface area (Å²) in [6, 6.07) is 9.71. The van der Waals surface area contributed by atoms with E-state index in [1.165, 1.54) is 17.4 Å². The molecule has 4 nitrogen and oxygen atoms in total. The van der Waals surface area contributed by atoms with E-state index in [0.717, 1.165) is 0 Å². The number of thiophene rings is 1. The van der Waals surface area contributed by atoms with Crippen molar-refractivity contribution in [1.82, 2.24) is 10.9 Å². The van der Waals surface area contributed by atoms with E-state index in [9.17, 15) is 14.0 Å². The molecule has 1 heterocycles. The zero-order valence-corrected chi connectivity index (χ0v) is 11.4. The maximum atomic E-state index is 13.3. The number of carbonyl (C=O) groups excluding carboxylic acids is 2. The molecule has 0 fully saturated rings. The van der Waals surface area contributed by atoms with E-state index in [4.69, 9.17) is 0 Å². The molecule has 6 heteroatoms. The van der Waals surface area contributed by atoms with Gasteiger partial charge in [-0.15, -0.1) is 11.3 Å². The summed E-state index contributed by atoms with van der Waals surface area (Å²) in [5.74, 6) is -1.06. The van der Waals surface area contributed by atoms with Gasteiger partial charge in [0.05, 0.1) is 4.88 Å². The fourth-order valence-electron chi connectivity index (χ4n) is 1.61. The molecule has 0 saturated heterocycles. The average molecular weight is 292 g/mol. The Balaban J connectivity index is 1.76. The lowest BCUT2D eigenvalue weighted by molar-refractivity contribution is -0.121. The molecule has 0 aliphatic heterocycles. The minimum absolute atomic E-state index is 0.103. The van der Waals surface area contributed by atoms with Gasteiger partial charge in [0.15, 0.2) is 0 Å². The van der Waals surface area contributed by atoms with E-state index in [-0.39, 0.29) is 30.5 Å². The van der Waals surface area contributed by atoms with Crippen molar-refractivity contribution in [3.63, 3.8) is 0 Å². The van der Waals surface area contributed by atoms with E-state index in [0.29, 0.717) is 10.4 Å². The van der Waals surface area contributed by atoms with Crippen molar-refractivity contribution < 1.29 is 14.0 Å². The molecule has 2 rings (SSSR count). The van der Waals surface area contributed by atoms with Crippen molar-refractivity contribution in [2.75, 3.05) is 0 Å². The maximum absolute atomic E-state index is 13.3. The van der Waals surface area contributed by atoms with E-state index in [2.05, 4.69) is 10.9 Å². The molecule has 2 aromatic rings. The third kappa shape index (κ3) is 3.89. The monoisotopic (exact) mass is 292 g/mol. The van der Waals surface area contributed by atoms with Crippen molar-refractivity contribution in [2.45, 2.75) is 12.8 Å². The van der Waals surface area contributed by atoms with Crippen LogP contribution in [0.2, 0.25) is 0 Å². The van der Waals surface area contributed by atoms with Crippen LogP contribution in [0.1, 0.15) is 21.7 Å². The number of carbonyl (C=O) groups is 2. The second-order valence-electron chi connectivity index (χ2n) is 4.07. The Morgan fingerprint density at radius 1 is 1.10 bits per heavy atom. The molecule has 2 amide bonds. The summed E-state index contributed by atoms with van der Waals surface area (Å²) in [4.78, 5) is 23.6. The molecule has 104 valence electrons. The first-order valence-corrected chi connectivity index (χ1v) is 6.91. The number of amides is 2. The summed E-state index contributed by atoms with van der Waals surface area (Å²) in [5, 5.41) is 1.77. The Bertz CT molecular complexity index is 599. The molecule has 0 bridgehead atoms. The van der Waals surface area contributed by atoms with Gasteiger partial charge in [-0.05, 0) is 29.5 Å². The van der Waals surface area contributed by atoms with E-state index < -0.39 is 0 Å². The number of hydrazine groups is 1. The average Bonchev–Trinajstić information content (AvgIpc) is 2.98. The van der Waals surface area contributed by atoms with Crippen molar-refractivity contribution in [1.29, 1.82) is 0 Å². The summed E-state index contributed by atoms with van der Waals surface area (Å²) < 4.78 is 13.3. The largest absolute Gasteiger partial charge is 0.279 e. The first-order chi connectivity index (χ1) is 9.66. The highest BCUT2D eigenvalue weighted by Gasteiger charge is 2.09. The van der Waals surface area contributed by atoms with Gasteiger partial charge >= 0.3 is 0 Å². The first-order valence-electron chi connectivity index (χ1n) is 6.03.